The number of carbonyl (C=O) groups is 1. The number of hydrogen-bond acceptors (Lipinski definition) is 4. The van der Waals surface area contributed by atoms with E-state index >= 15 is 0 Å². The molecule has 130 valence electrons. The molecule has 0 saturated carbocycles. The quantitative estimate of drug-likeness (QED) is 0.821. The van der Waals surface area contributed by atoms with Gasteiger partial charge in [-0.05, 0) is 36.4 Å². The molecule has 5 heteroatoms. The molecule has 0 aliphatic heterocycles. The standard InChI is InChI=1S/C20H22N2O3/c1-22(2)17-11-9-16(10-12-17)6-5-13-21-20(23)15-25-19-8-4-7-18(14-19)24-3/h4,7-12,14H,13,15H2,1-3H3,(H,21,23). The molecule has 0 unspecified atom stereocenters. The minimum atomic E-state index is -0.222. The second-order valence-electron chi connectivity index (χ2n) is 5.49. The Balaban J connectivity index is 1.75. The monoisotopic (exact) mass is 338 g/mol. The predicted molar refractivity (Wildman–Crippen MR) is 99.1 cm³/mol. The van der Waals surface area contributed by atoms with Crippen molar-refractivity contribution in [1.29, 1.82) is 0 Å². The second kappa shape index (κ2) is 9.24. The highest BCUT2D eigenvalue weighted by molar-refractivity contribution is 5.77. The molecule has 0 spiro atoms. The lowest BCUT2D eigenvalue weighted by Gasteiger charge is -2.11. The fourth-order valence-electron chi connectivity index (χ4n) is 2.02. The van der Waals surface area contributed by atoms with Gasteiger partial charge in [0.05, 0.1) is 13.7 Å². The van der Waals surface area contributed by atoms with Crippen LogP contribution in [0, 0.1) is 11.8 Å². The summed E-state index contributed by atoms with van der Waals surface area (Å²) in [6, 6.07) is 15.0. The topological polar surface area (TPSA) is 50.8 Å². The number of anilines is 1. The number of methoxy groups -OCH3 is 1. The van der Waals surface area contributed by atoms with E-state index in [1.807, 2.05) is 49.3 Å². The fourth-order valence-corrected chi connectivity index (χ4v) is 2.02. The minimum Gasteiger partial charge on any atom is -0.497 e. The van der Waals surface area contributed by atoms with Crippen molar-refractivity contribution >= 4 is 11.6 Å². The maximum absolute atomic E-state index is 11.8. The first kappa shape index (κ1) is 18.2. The summed E-state index contributed by atoms with van der Waals surface area (Å²) >= 11 is 0. The third-order valence-electron chi connectivity index (χ3n) is 3.40. The zero-order chi connectivity index (χ0) is 18.1. The molecule has 2 aromatic carbocycles. The maximum Gasteiger partial charge on any atom is 0.258 e. The largest absolute Gasteiger partial charge is 0.497 e. The highest BCUT2D eigenvalue weighted by atomic mass is 16.5. The lowest BCUT2D eigenvalue weighted by Crippen LogP contribution is -2.29. The Morgan fingerprint density at radius 1 is 1.12 bits per heavy atom. The van der Waals surface area contributed by atoms with Gasteiger partial charge in [0.2, 0.25) is 0 Å². The van der Waals surface area contributed by atoms with Crippen LogP contribution in [-0.4, -0.2) is 40.3 Å². The molecule has 1 amide bonds. The van der Waals surface area contributed by atoms with Gasteiger partial charge in [0.25, 0.3) is 5.91 Å². The van der Waals surface area contributed by atoms with E-state index in [2.05, 4.69) is 17.2 Å². The summed E-state index contributed by atoms with van der Waals surface area (Å²) in [5.41, 5.74) is 2.03. The molecule has 0 aliphatic rings. The Hall–Kier alpha value is -3.13. The van der Waals surface area contributed by atoms with Gasteiger partial charge in [-0.3, -0.25) is 4.79 Å². The highest BCUT2D eigenvalue weighted by Crippen LogP contribution is 2.18. The van der Waals surface area contributed by atoms with Crippen molar-refractivity contribution in [2.45, 2.75) is 0 Å². The number of amides is 1. The van der Waals surface area contributed by atoms with E-state index in [4.69, 9.17) is 9.47 Å². The van der Waals surface area contributed by atoms with Gasteiger partial charge in [0.1, 0.15) is 11.5 Å². The first-order valence-corrected chi connectivity index (χ1v) is 7.88. The molecule has 1 N–H and O–H groups in total. The third kappa shape index (κ3) is 6.11. The predicted octanol–water partition coefficient (Wildman–Crippen LogP) is 2.31. The van der Waals surface area contributed by atoms with Gasteiger partial charge in [0, 0.05) is 31.4 Å². The normalized spacial score (nSPS) is 9.56. The summed E-state index contributed by atoms with van der Waals surface area (Å²) in [5, 5.41) is 2.70. The van der Waals surface area contributed by atoms with Crippen molar-refractivity contribution in [1.82, 2.24) is 5.32 Å². The number of nitrogens with zero attached hydrogens (tertiary/aromatic N) is 1. The number of ether oxygens (including phenoxy) is 2. The van der Waals surface area contributed by atoms with E-state index in [9.17, 15) is 4.79 Å². The Labute approximate surface area is 148 Å². The Morgan fingerprint density at radius 2 is 1.84 bits per heavy atom. The first-order chi connectivity index (χ1) is 12.1. The molecule has 0 aromatic heterocycles. The van der Waals surface area contributed by atoms with Crippen LogP contribution in [0.2, 0.25) is 0 Å². The van der Waals surface area contributed by atoms with Gasteiger partial charge in [-0.2, -0.15) is 0 Å². The molecule has 0 fully saturated rings. The van der Waals surface area contributed by atoms with Gasteiger partial charge in [-0.1, -0.05) is 17.9 Å². The average Bonchev–Trinajstić information content (AvgIpc) is 2.64. The van der Waals surface area contributed by atoms with Gasteiger partial charge in [-0.15, -0.1) is 0 Å². The van der Waals surface area contributed by atoms with Crippen LogP contribution >= 0.6 is 0 Å². The van der Waals surface area contributed by atoms with Gasteiger partial charge < -0.3 is 19.7 Å². The molecule has 0 atom stereocenters. The molecular weight excluding hydrogens is 316 g/mol. The van der Waals surface area contributed by atoms with Crippen molar-refractivity contribution in [2.75, 3.05) is 39.3 Å². The first-order valence-electron chi connectivity index (χ1n) is 7.88. The summed E-state index contributed by atoms with van der Waals surface area (Å²) in [5.74, 6) is 6.99. The summed E-state index contributed by atoms with van der Waals surface area (Å²) in [7, 11) is 5.56. The Morgan fingerprint density at radius 3 is 2.52 bits per heavy atom. The molecule has 0 aliphatic carbocycles. The number of carbonyl (C=O) groups excluding carboxylic acids is 1. The van der Waals surface area contributed by atoms with Crippen LogP contribution in [0.1, 0.15) is 5.56 Å². The van der Waals surface area contributed by atoms with E-state index < -0.39 is 0 Å². The molecule has 0 bridgehead atoms. The van der Waals surface area contributed by atoms with Crippen LogP contribution in [-0.2, 0) is 4.79 Å². The van der Waals surface area contributed by atoms with Crippen LogP contribution in [0.4, 0.5) is 5.69 Å². The highest BCUT2D eigenvalue weighted by Gasteiger charge is 2.02. The van der Waals surface area contributed by atoms with Gasteiger partial charge in [-0.25, -0.2) is 0 Å². The van der Waals surface area contributed by atoms with Crippen LogP contribution in [0.15, 0.2) is 48.5 Å². The maximum atomic E-state index is 11.8. The van der Waals surface area contributed by atoms with Crippen LogP contribution in [0.25, 0.3) is 0 Å². The molecule has 25 heavy (non-hydrogen) atoms. The van der Waals surface area contributed by atoms with Crippen molar-refractivity contribution in [2.24, 2.45) is 0 Å². The smallest absolute Gasteiger partial charge is 0.258 e. The number of hydrogen-bond donors (Lipinski definition) is 1. The average molecular weight is 338 g/mol. The van der Waals surface area contributed by atoms with Gasteiger partial charge >= 0.3 is 0 Å². The Kier molecular flexibility index (Phi) is 6.73. The van der Waals surface area contributed by atoms with Crippen LogP contribution < -0.4 is 19.7 Å². The summed E-state index contributed by atoms with van der Waals surface area (Å²) in [6.07, 6.45) is 0. The SMILES string of the molecule is COc1cccc(OCC(=O)NCC#Cc2ccc(N(C)C)cc2)c1. The summed E-state index contributed by atoms with van der Waals surface area (Å²) in [6.45, 7) is 0.210. The summed E-state index contributed by atoms with van der Waals surface area (Å²) < 4.78 is 10.5. The number of rotatable bonds is 6. The molecular formula is C20H22N2O3. The van der Waals surface area contributed by atoms with E-state index in [1.54, 1.807) is 25.3 Å². The van der Waals surface area contributed by atoms with Gasteiger partial charge in [0.15, 0.2) is 6.61 Å². The lowest BCUT2D eigenvalue weighted by molar-refractivity contribution is -0.122. The molecule has 5 nitrogen and oxygen atoms in total. The van der Waals surface area contributed by atoms with E-state index in [-0.39, 0.29) is 19.1 Å². The van der Waals surface area contributed by atoms with Crippen LogP contribution in [0.3, 0.4) is 0 Å². The number of nitrogens with one attached hydrogen (secondary N) is 1. The van der Waals surface area contributed by atoms with Crippen molar-refractivity contribution in [3.63, 3.8) is 0 Å². The summed E-state index contributed by atoms with van der Waals surface area (Å²) in [4.78, 5) is 13.8. The minimum absolute atomic E-state index is 0.0631. The molecule has 0 radical (unpaired) electrons. The van der Waals surface area contributed by atoms with Crippen molar-refractivity contribution in [3.8, 4) is 23.3 Å². The molecule has 0 saturated heterocycles. The van der Waals surface area contributed by atoms with Crippen molar-refractivity contribution in [3.05, 3.63) is 54.1 Å². The zero-order valence-corrected chi connectivity index (χ0v) is 14.7. The van der Waals surface area contributed by atoms with E-state index in [1.165, 1.54) is 0 Å². The van der Waals surface area contributed by atoms with E-state index in [0.717, 1.165) is 11.3 Å². The molecule has 2 aromatic rings. The fraction of sp³-hybridized carbons (Fsp3) is 0.250. The molecule has 2 rings (SSSR count). The molecule has 0 heterocycles. The van der Waals surface area contributed by atoms with Crippen molar-refractivity contribution < 1.29 is 14.3 Å². The Bertz CT molecular complexity index is 759. The number of benzene rings is 2. The second-order valence-corrected chi connectivity index (χ2v) is 5.49. The lowest BCUT2D eigenvalue weighted by atomic mass is 10.2. The zero-order valence-electron chi connectivity index (χ0n) is 14.7. The van der Waals surface area contributed by atoms with Crippen LogP contribution in [0.5, 0.6) is 11.5 Å². The third-order valence-corrected chi connectivity index (χ3v) is 3.40. The van der Waals surface area contributed by atoms with E-state index in [0.29, 0.717) is 11.5 Å².